The van der Waals surface area contributed by atoms with Gasteiger partial charge >= 0.3 is 0 Å². The number of benzene rings is 1. The van der Waals surface area contributed by atoms with Crippen LogP contribution in [-0.2, 0) is 0 Å². The zero-order valence-electron chi connectivity index (χ0n) is 12.7. The third-order valence-electron chi connectivity index (χ3n) is 3.79. The summed E-state index contributed by atoms with van der Waals surface area (Å²) >= 11 is 0. The summed E-state index contributed by atoms with van der Waals surface area (Å²) in [6.45, 7) is 4.43. The number of rotatable bonds is 9. The highest BCUT2D eigenvalue weighted by Gasteiger charge is 2.12. The van der Waals surface area contributed by atoms with Gasteiger partial charge in [-0.2, -0.15) is 0 Å². The number of hydrogen-bond donors (Lipinski definition) is 3. The average Bonchev–Trinajstić information content (AvgIpc) is 2.40. The second-order valence-corrected chi connectivity index (χ2v) is 5.83. The maximum absolute atomic E-state index is 10.1. The zero-order valence-corrected chi connectivity index (χ0v) is 12.7. The van der Waals surface area contributed by atoms with Crippen LogP contribution in [0.3, 0.4) is 0 Å². The molecular formula is C17H28O3. The first-order valence-electron chi connectivity index (χ1n) is 7.74. The summed E-state index contributed by atoms with van der Waals surface area (Å²) in [5.41, 5.74) is 0.584. The van der Waals surface area contributed by atoms with Crippen LogP contribution in [0.15, 0.2) is 18.2 Å². The number of hydrogen-bond acceptors (Lipinski definition) is 3. The van der Waals surface area contributed by atoms with Crippen molar-refractivity contribution < 1.29 is 15.3 Å². The van der Waals surface area contributed by atoms with Gasteiger partial charge in [0.1, 0.15) is 11.5 Å². The van der Waals surface area contributed by atoms with Crippen molar-refractivity contribution in [3.8, 4) is 11.5 Å². The van der Waals surface area contributed by atoms with Crippen molar-refractivity contribution in [2.45, 2.75) is 64.9 Å². The van der Waals surface area contributed by atoms with E-state index in [0.29, 0.717) is 17.9 Å². The first-order chi connectivity index (χ1) is 9.52. The van der Waals surface area contributed by atoms with Crippen molar-refractivity contribution in [2.75, 3.05) is 0 Å². The molecule has 0 spiro atoms. The van der Waals surface area contributed by atoms with Gasteiger partial charge in [-0.3, -0.25) is 0 Å². The molecule has 0 amide bonds. The average molecular weight is 280 g/mol. The van der Waals surface area contributed by atoms with Gasteiger partial charge in [0.05, 0.1) is 6.10 Å². The third-order valence-corrected chi connectivity index (χ3v) is 3.79. The van der Waals surface area contributed by atoms with Gasteiger partial charge in [-0.15, -0.1) is 0 Å². The number of aromatic hydroxyl groups is 2. The molecule has 0 aliphatic carbocycles. The lowest BCUT2D eigenvalue weighted by Crippen LogP contribution is -2.02. The molecule has 1 aromatic rings. The molecule has 0 saturated heterocycles. The van der Waals surface area contributed by atoms with Crippen molar-refractivity contribution >= 4 is 0 Å². The van der Waals surface area contributed by atoms with E-state index in [9.17, 15) is 15.3 Å². The number of unbranched alkanes of at least 4 members (excludes halogenated alkanes) is 3. The molecule has 0 heterocycles. The van der Waals surface area contributed by atoms with Crippen LogP contribution in [-0.4, -0.2) is 15.3 Å². The van der Waals surface area contributed by atoms with Gasteiger partial charge in [-0.1, -0.05) is 46.0 Å². The Morgan fingerprint density at radius 3 is 2.15 bits per heavy atom. The first-order valence-corrected chi connectivity index (χ1v) is 7.74. The predicted octanol–water partition coefficient (Wildman–Crippen LogP) is 4.52. The molecule has 3 nitrogen and oxygen atoms in total. The Labute approximate surface area is 122 Å². The van der Waals surface area contributed by atoms with E-state index in [-0.39, 0.29) is 11.5 Å². The molecule has 0 aliphatic heterocycles. The number of aliphatic hydroxyl groups excluding tert-OH is 1. The van der Waals surface area contributed by atoms with E-state index in [2.05, 4.69) is 13.8 Å². The minimum absolute atomic E-state index is 0.00772. The van der Waals surface area contributed by atoms with Crippen LogP contribution in [0, 0.1) is 5.92 Å². The van der Waals surface area contributed by atoms with Crippen molar-refractivity contribution in [3.63, 3.8) is 0 Å². The van der Waals surface area contributed by atoms with Gasteiger partial charge in [0.25, 0.3) is 0 Å². The fraction of sp³-hybridized carbons (Fsp3) is 0.647. The predicted molar refractivity (Wildman–Crippen MR) is 81.9 cm³/mol. The molecule has 114 valence electrons. The molecule has 0 aliphatic rings. The molecule has 0 fully saturated rings. The third kappa shape index (κ3) is 6.29. The van der Waals surface area contributed by atoms with Crippen LogP contribution in [0.5, 0.6) is 11.5 Å². The lowest BCUT2D eigenvalue weighted by atomic mass is 9.94. The highest BCUT2D eigenvalue weighted by atomic mass is 16.3. The van der Waals surface area contributed by atoms with E-state index in [4.69, 9.17) is 0 Å². The van der Waals surface area contributed by atoms with Crippen LogP contribution in [0.2, 0.25) is 0 Å². The molecule has 0 aromatic heterocycles. The smallest absolute Gasteiger partial charge is 0.119 e. The maximum atomic E-state index is 10.1. The Bertz CT molecular complexity index is 370. The number of phenolic OH excluding ortho intramolecular Hbond substituents is 2. The molecule has 0 bridgehead atoms. The van der Waals surface area contributed by atoms with E-state index in [1.807, 2.05) is 0 Å². The summed E-state index contributed by atoms with van der Waals surface area (Å²) in [5.74, 6) is 0.589. The Kier molecular flexibility index (Phi) is 7.45. The second-order valence-electron chi connectivity index (χ2n) is 5.83. The minimum Gasteiger partial charge on any atom is -0.508 e. The highest BCUT2D eigenvalue weighted by molar-refractivity contribution is 5.37. The summed E-state index contributed by atoms with van der Waals surface area (Å²) in [6.07, 6.45) is 7.33. The molecule has 1 rings (SSSR count). The van der Waals surface area contributed by atoms with Crippen LogP contribution in [0.25, 0.3) is 0 Å². The van der Waals surface area contributed by atoms with Crippen molar-refractivity contribution in [1.82, 2.24) is 0 Å². The molecule has 2 atom stereocenters. The summed E-state index contributed by atoms with van der Waals surface area (Å²) < 4.78 is 0. The Balaban J connectivity index is 2.33. The SMILES string of the molecule is CCCCCC[C@@H](C)CC[C@H](O)c1cc(O)cc(O)c1. The molecule has 0 radical (unpaired) electrons. The lowest BCUT2D eigenvalue weighted by molar-refractivity contribution is 0.156. The van der Waals surface area contributed by atoms with E-state index < -0.39 is 6.10 Å². The molecule has 3 heteroatoms. The standard InChI is InChI=1S/C17H28O3/c1-3-4-5-6-7-13(2)8-9-17(20)14-10-15(18)12-16(19)11-14/h10-13,17-20H,3-9H2,1-2H3/t13-,17+/m1/s1. The van der Waals surface area contributed by atoms with Crippen LogP contribution in [0.4, 0.5) is 0 Å². The normalized spacial score (nSPS) is 14.2. The van der Waals surface area contributed by atoms with Gasteiger partial charge in [0.15, 0.2) is 0 Å². The highest BCUT2D eigenvalue weighted by Crippen LogP contribution is 2.28. The zero-order chi connectivity index (χ0) is 15.0. The van der Waals surface area contributed by atoms with Crippen molar-refractivity contribution in [3.05, 3.63) is 23.8 Å². The Hall–Kier alpha value is -1.22. The van der Waals surface area contributed by atoms with Gasteiger partial charge in [0.2, 0.25) is 0 Å². The van der Waals surface area contributed by atoms with Gasteiger partial charge in [-0.25, -0.2) is 0 Å². The Morgan fingerprint density at radius 1 is 0.900 bits per heavy atom. The van der Waals surface area contributed by atoms with Gasteiger partial charge in [0, 0.05) is 6.07 Å². The fourth-order valence-electron chi connectivity index (χ4n) is 2.48. The van der Waals surface area contributed by atoms with E-state index >= 15 is 0 Å². The summed E-state index contributed by atoms with van der Waals surface area (Å²) in [5, 5.41) is 28.9. The monoisotopic (exact) mass is 280 g/mol. The fourth-order valence-corrected chi connectivity index (χ4v) is 2.48. The number of phenols is 2. The maximum Gasteiger partial charge on any atom is 0.119 e. The van der Waals surface area contributed by atoms with Crippen molar-refractivity contribution in [2.24, 2.45) is 5.92 Å². The van der Waals surface area contributed by atoms with Gasteiger partial charge < -0.3 is 15.3 Å². The summed E-state index contributed by atoms with van der Waals surface area (Å²) in [4.78, 5) is 0. The largest absolute Gasteiger partial charge is 0.508 e. The molecular weight excluding hydrogens is 252 g/mol. The van der Waals surface area contributed by atoms with E-state index in [1.165, 1.54) is 50.3 Å². The van der Waals surface area contributed by atoms with Crippen molar-refractivity contribution in [1.29, 1.82) is 0 Å². The van der Waals surface area contributed by atoms with E-state index in [1.54, 1.807) is 0 Å². The van der Waals surface area contributed by atoms with Crippen LogP contribution in [0.1, 0.15) is 70.5 Å². The quantitative estimate of drug-likeness (QED) is 0.583. The van der Waals surface area contributed by atoms with E-state index in [0.717, 1.165) is 6.42 Å². The topological polar surface area (TPSA) is 60.7 Å². The molecule has 3 N–H and O–H groups in total. The molecule has 0 unspecified atom stereocenters. The first kappa shape index (κ1) is 16.8. The van der Waals surface area contributed by atoms with Crippen LogP contribution < -0.4 is 0 Å². The number of aliphatic hydroxyl groups is 1. The minimum atomic E-state index is -0.619. The second kappa shape index (κ2) is 8.85. The van der Waals surface area contributed by atoms with Crippen LogP contribution >= 0.6 is 0 Å². The summed E-state index contributed by atoms with van der Waals surface area (Å²) in [7, 11) is 0. The molecule has 20 heavy (non-hydrogen) atoms. The lowest BCUT2D eigenvalue weighted by Gasteiger charge is -2.15. The summed E-state index contributed by atoms with van der Waals surface area (Å²) in [6, 6.07) is 4.29. The molecule has 0 saturated carbocycles. The van der Waals surface area contributed by atoms with Gasteiger partial charge in [-0.05, 0) is 36.5 Å². The molecule has 1 aromatic carbocycles. The Morgan fingerprint density at radius 2 is 1.55 bits per heavy atom.